The van der Waals surface area contributed by atoms with Gasteiger partial charge in [0.15, 0.2) is 0 Å². The Morgan fingerprint density at radius 2 is 2.07 bits per heavy atom. The van der Waals surface area contributed by atoms with E-state index in [0.717, 1.165) is 6.42 Å². The second kappa shape index (κ2) is 6.80. The molecule has 1 rings (SSSR count). The quantitative estimate of drug-likeness (QED) is 0.620. The zero-order valence-electron chi connectivity index (χ0n) is 9.24. The molecule has 1 saturated carbocycles. The van der Waals surface area contributed by atoms with Gasteiger partial charge in [0.25, 0.3) is 0 Å². The number of nitrogens with one attached hydrogen (secondary N) is 1. The first kappa shape index (κ1) is 12.5. The number of amides is 1. The van der Waals surface area contributed by atoms with Crippen molar-refractivity contribution in [1.29, 1.82) is 0 Å². The molecule has 0 unspecified atom stereocenters. The number of aliphatic hydroxyl groups excluding tert-OH is 1. The summed E-state index contributed by atoms with van der Waals surface area (Å²) in [6.07, 6.45) is 7.08. The summed E-state index contributed by atoms with van der Waals surface area (Å²) in [4.78, 5) is 11.4. The van der Waals surface area contributed by atoms with Crippen LogP contribution in [0.15, 0.2) is 0 Å². The van der Waals surface area contributed by atoms with Crippen LogP contribution in [0.4, 0.5) is 0 Å². The molecule has 1 fully saturated rings. The van der Waals surface area contributed by atoms with Crippen molar-refractivity contribution < 1.29 is 9.90 Å². The third kappa shape index (κ3) is 4.62. The summed E-state index contributed by atoms with van der Waals surface area (Å²) < 4.78 is 0. The van der Waals surface area contributed by atoms with E-state index in [4.69, 9.17) is 10.8 Å². The summed E-state index contributed by atoms with van der Waals surface area (Å²) in [6, 6.07) is -0.403. The molecule has 4 nitrogen and oxygen atoms in total. The minimum absolute atomic E-state index is 0.0259. The summed E-state index contributed by atoms with van der Waals surface area (Å²) in [7, 11) is 0. The van der Waals surface area contributed by atoms with Crippen LogP contribution in [-0.4, -0.2) is 30.2 Å². The lowest BCUT2D eigenvalue weighted by molar-refractivity contribution is -0.122. The van der Waals surface area contributed by atoms with Gasteiger partial charge in [-0.15, -0.1) is 0 Å². The number of aliphatic hydroxyl groups is 1. The van der Waals surface area contributed by atoms with E-state index in [1.54, 1.807) is 0 Å². The maximum atomic E-state index is 11.4. The van der Waals surface area contributed by atoms with E-state index in [0.29, 0.717) is 12.5 Å². The van der Waals surface area contributed by atoms with Crippen LogP contribution in [0.2, 0.25) is 0 Å². The van der Waals surface area contributed by atoms with Crippen LogP contribution < -0.4 is 11.1 Å². The Labute approximate surface area is 91.2 Å². The lowest BCUT2D eigenvalue weighted by Gasteiger charge is -2.23. The molecule has 1 atom stereocenters. The van der Waals surface area contributed by atoms with Gasteiger partial charge >= 0.3 is 0 Å². The highest BCUT2D eigenvalue weighted by Gasteiger charge is 2.20. The van der Waals surface area contributed by atoms with E-state index in [1.807, 2.05) is 0 Å². The highest BCUT2D eigenvalue weighted by Crippen LogP contribution is 2.26. The van der Waals surface area contributed by atoms with Crippen LogP contribution in [0.25, 0.3) is 0 Å². The molecule has 15 heavy (non-hydrogen) atoms. The fourth-order valence-corrected chi connectivity index (χ4v) is 2.20. The SMILES string of the molecule is N[C@@H](CC1CCCCC1)C(=O)NCCO. The van der Waals surface area contributed by atoms with Crippen LogP contribution in [0.3, 0.4) is 0 Å². The Balaban J connectivity index is 2.20. The molecule has 0 radical (unpaired) electrons. The molecule has 0 aromatic rings. The molecule has 0 bridgehead atoms. The average Bonchev–Trinajstić information content (AvgIpc) is 2.27. The van der Waals surface area contributed by atoms with Crippen molar-refractivity contribution in [3.8, 4) is 0 Å². The fraction of sp³-hybridized carbons (Fsp3) is 0.909. The lowest BCUT2D eigenvalue weighted by Crippen LogP contribution is -2.42. The number of rotatable bonds is 5. The van der Waals surface area contributed by atoms with Gasteiger partial charge in [0, 0.05) is 6.54 Å². The number of carbonyl (C=O) groups is 1. The van der Waals surface area contributed by atoms with Gasteiger partial charge in [-0.3, -0.25) is 4.79 Å². The monoisotopic (exact) mass is 214 g/mol. The zero-order valence-corrected chi connectivity index (χ0v) is 9.24. The van der Waals surface area contributed by atoms with Gasteiger partial charge in [0.2, 0.25) is 5.91 Å². The number of carbonyl (C=O) groups excluding carboxylic acids is 1. The van der Waals surface area contributed by atoms with E-state index in [9.17, 15) is 4.79 Å². The van der Waals surface area contributed by atoms with E-state index in [1.165, 1.54) is 32.1 Å². The molecule has 1 aliphatic carbocycles. The predicted molar refractivity (Wildman–Crippen MR) is 59.3 cm³/mol. The maximum absolute atomic E-state index is 11.4. The Bertz CT molecular complexity index is 191. The average molecular weight is 214 g/mol. The van der Waals surface area contributed by atoms with E-state index < -0.39 is 6.04 Å². The highest BCUT2D eigenvalue weighted by molar-refractivity contribution is 5.81. The van der Waals surface area contributed by atoms with Crippen LogP contribution in [0.1, 0.15) is 38.5 Å². The van der Waals surface area contributed by atoms with Crippen molar-refractivity contribution in [3.63, 3.8) is 0 Å². The van der Waals surface area contributed by atoms with Gasteiger partial charge in [-0.1, -0.05) is 32.1 Å². The summed E-state index contributed by atoms with van der Waals surface area (Å²) in [5.74, 6) is 0.489. The Hall–Kier alpha value is -0.610. The van der Waals surface area contributed by atoms with Gasteiger partial charge < -0.3 is 16.2 Å². The Kier molecular flexibility index (Phi) is 5.65. The second-order valence-corrected chi connectivity index (χ2v) is 4.36. The van der Waals surface area contributed by atoms with E-state index in [2.05, 4.69) is 5.32 Å². The second-order valence-electron chi connectivity index (χ2n) is 4.36. The first-order valence-corrected chi connectivity index (χ1v) is 5.88. The number of nitrogens with two attached hydrogens (primary N) is 1. The summed E-state index contributed by atoms with van der Waals surface area (Å²) in [6.45, 7) is 0.277. The van der Waals surface area contributed by atoms with Gasteiger partial charge in [-0.25, -0.2) is 0 Å². The third-order valence-electron chi connectivity index (χ3n) is 3.06. The molecule has 1 amide bonds. The van der Waals surface area contributed by atoms with Gasteiger partial charge in [0.05, 0.1) is 12.6 Å². The minimum atomic E-state index is -0.403. The van der Waals surface area contributed by atoms with Crippen LogP contribution in [-0.2, 0) is 4.79 Å². The minimum Gasteiger partial charge on any atom is -0.395 e. The topological polar surface area (TPSA) is 75.4 Å². The molecule has 0 aromatic heterocycles. The van der Waals surface area contributed by atoms with Gasteiger partial charge in [-0.2, -0.15) is 0 Å². The zero-order chi connectivity index (χ0) is 11.1. The summed E-state index contributed by atoms with van der Waals surface area (Å²) >= 11 is 0. The maximum Gasteiger partial charge on any atom is 0.237 e. The number of hydrogen-bond acceptors (Lipinski definition) is 3. The van der Waals surface area contributed by atoms with Crippen LogP contribution in [0, 0.1) is 5.92 Å². The molecule has 88 valence electrons. The van der Waals surface area contributed by atoms with Crippen molar-refractivity contribution in [2.45, 2.75) is 44.6 Å². The molecule has 4 heteroatoms. The molecule has 0 aliphatic heterocycles. The van der Waals surface area contributed by atoms with Gasteiger partial charge in [0.1, 0.15) is 0 Å². The van der Waals surface area contributed by atoms with Crippen molar-refractivity contribution in [2.75, 3.05) is 13.2 Å². The predicted octanol–water partition coefficient (Wildman–Crippen LogP) is 0.393. The van der Waals surface area contributed by atoms with Crippen LogP contribution in [0.5, 0.6) is 0 Å². The Morgan fingerprint density at radius 1 is 1.40 bits per heavy atom. The molecule has 1 aliphatic rings. The van der Waals surface area contributed by atoms with Crippen molar-refractivity contribution >= 4 is 5.91 Å². The summed E-state index contributed by atoms with van der Waals surface area (Å²) in [5.41, 5.74) is 5.80. The van der Waals surface area contributed by atoms with Crippen molar-refractivity contribution in [1.82, 2.24) is 5.32 Å². The largest absolute Gasteiger partial charge is 0.395 e. The first-order chi connectivity index (χ1) is 7.24. The van der Waals surface area contributed by atoms with Crippen molar-refractivity contribution in [2.24, 2.45) is 11.7 Å². The van der Waals surface area contributed by atoms with Crippen LogP contribution >= 0.6 is 0 Å². The molecular weight excluding hydrogens is 192 g/mol. The molecule has 4 N–H and O–H groups in total. The standard InChI is InChI=1S/C11H22N2O2/c12-10(11(15)13-6-7-14)8-9-4-2-1-3-5-9/h9-10,14H,1-8,12H2,(H,13,15)/t10-/m0/s1. The van der Waals surface area contributed by atoms with Crippen molar-refractivity contribution in [3.05, 3.63) is 0 Å². The molecule has 0 spiro atoms. The van der Waals surface area contributed by atoms with E-state index >= 15 is 0 Å². The molecular formula is C11H22N2O2. The van der Waals surface area contributed by atoms with E-state index in [-0.39, 0.29) is 12.5 Å². The third-order valence-corrected chi connectivity index (χ3v) is 3.06. The molecule has 0 saturated heterocycles. The van der Waals surface area contributed by atoms with Gasteiger partial charge in [-0.05, 0) is 12.3 Å². The normalized spacial score (nSPS) is 19.9. The first-order valence-electron chi connectivity index (χ1n) is 5.88. The molecule has 0 aromatic carbocycles. The smallest absolute Gasteiger partial charge is 0.237 e. The lowest BCUT2D eigenvalue weighted by atomic mass is 9.85. The Morgan fingerprint density at radius 3 is 2.67 bits per heavy atom. The summed E-state index contributed by atoms with van der Waals surface area (Å²) in [5, 5.41) is 11.2. The fourth-order valence-electron chi connectivity index (χ4n) is 2.20. The highest BCUT2D eigenvalue weighted by atomic mass is 16.3. The molecule has 0 heterocycles. The number of hydrogen-bond donors (Lipinski definition) is 3.